The van der Waals surface area contributed by atoms with Crippen molar-refractivity contribution >= 4 is 17.8 Å². The molecule has 1 aromatic rings. The van der Waals surface area contributed by atoms with E-state index in [1.165, 1.54) is 23.2 Å². The second kappa shape index (κ2) is 3.88. The predicted molar refractivity (Wildman–Crippen MR) is 67.5 cm³/mol. The molecule has 2 heterocycles. The zero-order valence-electron chi connectivity index (χ0n) is 11.2. The molecule has 104 valence electrons. The average Bonchev–Trinajstić information content (AvgIpc) is 2.87. The molecule has 6 heteroatoms. The molecule has 1 aliphatic carbocycles. The Morgan fingerprint density at radius 3 is 2.35 bits per heavy atom. The summed E-state index contributed by atoms with van der Waals surface area (Å²) < 4.78 is 0. The number of hydrogen-bond acceptors (Lipinski definition) is 4. The zero-order valence-corrected chi connectivity index (χ0v) is 11.2. The Balaban J connectivity index is 1.75. The Kier molecular flexibility index (Phi) is 2.48. The van der Waals surface area contributed by atoms with Gasteiger partial charge in [-0.15, -0.1) is 0 Å². The largest absolute Gasteiger partial charge is 0.478 e. The highest BCUT2D eigenvalue weighted by molar-refractivity contribution is 6.10. The van der Waals surface area contributed by atoms with Crippen LogP contribution in [0.5, 0.6) is 0 Å². The molecular weight excluding hydrogens is 260 g/mol. The second-order valence-corrected chi connectivity index (χ2v) is 5.88. The minimum atomic E-state index is -1.06. The lowest BCUT2D eigenvalue weighted by Gasteiger charge is -2.20. The number of imide groups is 1. The van der Waals surface area contributed by atoms with Gasteiger partial charge in [-0.05, 0) is 17.5 Å². The minimum absolute atomic E-state index is 0.0804. The fourth-order valence-electron chi connectivity index (χ4n) is 2.97. The minimum Gasteiger partial charge on any atom is -0.478 e. The Labute approximate surface area is 115 Å². The van der Waals surface area contributed by atoms with Crippen molar-refractivity contribution in [1.82, 2.24) is 9.88 Å². The van der Waals surface area contributed by atoms with Crippen molar-refractivity contribution in [1.29, 1.82) is 0 Å². The van der Waals surface area contributed by atoms with Gasteiger partial charge in [-0.1, -0.05) is 13.8 Å². The monoisotopic (exact) mass is 274 g/mol. The van der Waals surface area contributed by atoms with E-state index in [9.17, 15) is 14.4 Å². The summed E-state index contributed by atoms with van der Waals surface area (Å²) in [6.45, 7) is 3.96. The van der Waals surface area contributed by atoms with Crippen LogP contribution in [0.1, 0.15) is 29.9 Å². The van der Waals surface area contributed by atoms with Crippen molar-refractivity contribution in [3.63, 3.8) is 0 Å². The maximum atomic E-state index is 12.1. The average molecular weight is 274 g/mol. The number of aromatic carboxylic acids is 1. The molecule has 2 fully saturated rings. The molecule has 0 aromatic carbocycles. The molecule has 1 aliphatic heterocycles. The van der Waals surface area contributed by atoms with Gasteiger partial charge in [0.05, 0.1) is 29.6 Å². The van der Waals surface area contributed by atoms with Crippen molar-refractivity contribution in [3.05, 3.63) is 29.6 Å². The highest BCUT2D eigenvalue weighted by Crippen LogP contribution is 2.63. The van der Waals surface area contributed by atoms with E-state index in [2.05, 4.69) is 4.98 Å². The van der Waals surface area contributed by atoms with Crippen LogP contribution >= 0.6 is 0 Å². The number of rotatable bonds is 3. The third-order valence-corrected chi connectivity index (χ3v) is 4.28. The van der Waals surface area contributed by atoms with Gasteiger partial charge in [-0.3, -0.25) is 19.5 Å². The number of carboxylic acid groups (broad SMARTS) is 1. The summed E-state index contributed by atoms with van der Waals surface area (Å²) in [5.74, 6) is -1.75. The summed E-state index contributed by atoms with van der Waals surface area (Å²) in [7, 11) is 0. The molecule has 2 unspecified atom stereocenters. The first-order chi connectivity index (χ1) is 9.34. The van der Waals surface area contributed by atoms with Gasteiger partial charge in [0.15, 0.2) is 0 Å². The first-order valence-electron chi connectivity index (χ1n) is 6.37. The summed E-state index contributed by atoms with van der Waals surface area (Å²) in [5, 5.41) is 8.78. The lowest BCUT2D eigenvalue weighted by molar-refractivity contribution is -0.143. The first kappa shape index (κ1) is 12.8. The molecule has 1 N–H and O–H groups in total. The van der Waals surface area contributed by atoms with E-state index in [1.807, 2.05) is 13.8 Å². The Morgan fingerprint density at radius 1 is 1.30 bits per heavy atom. The van der Waals surface area contributed by atoms with E-state index < -0.39 is 5.97 Å². The van der Waals surface area contributed by atoms with Gasteiger partial charge >= 0.3 is 5.97 Å². The van der Waals surface area contributed by atoms with E-state index in [1.54, 1.807) is 0 Å². The van der Waals surface area contributed by atoms with Gasteiger partial charge in [0.1, 0.15) is 0 Å². The van der Waals surface area contributed by atoms with Crippen LogP contribution in [0.4, 0.5) is 0 Å². The lowest BCUT2D eigenvalue weighted by Crippen LogP contribution is -2.35. The quantitative estimate of drug-likeness (QED) is 0.828. The van der Waals surface area contributed by atoms with E-state index >= 15 is 0 Å². The number of likely N-dealkylation sites (tertiary alicyclic amines) is 1. The van der Waals surface area contributed by atoms with E-state index in [-0.39, 0.29) is 41.2 Å². The van der Waals surface area contributed by atoms with Gasteiger partial charge < -0.3 is 5.11 Å². The van der Waals surface area contributed by atoms with E-state index in [0.29, 0.717) is 5.69 Å². The van der Waals surface area contributed by atoms with Crippen LogP contribution in [0.2, 0.25) is 0 Å². The number of amides is 2. The molecule has 0 spiro atoms. The Bertz CT molecular complexity index is 597. The van der Waals surface area contributed by atoms with Crippen LogP contribution in [0.15, 0.2) is 18.3 Å². The van der Waals surface area contributed by atoms with Crippen LogP contribution in [0.3, 0.4) is 0 Å². The van der Waals surface area contributed by atoms with Crippen LogP contribution in [-0.4, -0.2) is 32.8 Å². The van der Waals surface area contributed by atoms with Crippen LogP contribution in [0, 0.1) is 17.3 Å². The van der Waals surface area contributed by atoms with E-state index in [0.717, 1.165) is 0 Å². The summed E-state index contributed by atoms with van der Waals surface area (Å²) in [6.07, 6.45) is 1.23. The number of pyridine rings is 1. The standard InChI is InChI=1S/C14H14N2O4/c1-14(2)9-10(14)12(18)16(11(9)17)6-8-4-3-7(5-15-8)13(19)20/h3-5,9-10H,6H2,1-2H3,(H,19,20). The number of hydrogen-bond donors (Lipinski definition) is 1. The smallest absolute Gasteiger partial charge is 0.337 e. The normalized spacial score (nSPS) is 26.6. The number of fused-ring (bicyclic) bond motifs is 1. The van der Waals surface area contributed by atoms with Crippen molar-refractivity contribution in [2.75, 3.05) is 0 Å². The molecule has 1 aromatic heterocycles. The predicted octanol–water partition coefficient (Wildman–Crippen LogP) is 0.921. The van der Waals surface area contributed by atoms with Crippen LogP contribution in [-0.2, 0) is 16.1 Å². The number of piperidine rings is 1. The number of aromatic nitrogens is 1. The third kappa shape index (κ3) is 1.64. The van der Waals surface area contributed by atoms with Crippen molar-refractivity contribution in [3.8, 4) is 0 Å². The summed E-state index contributed by atoms with van der Waals surface area (Å²) in [6, 6.07) is 2.94. The maximum Gasteiger partial charge on any atom is 0.337 e. The first-order valence-corrected chi connectivity index (χ1v) is 6.37. The van der Waals surface area contributed by atoms with Crippen molar-refractivity contribution in [2.45, 2.75) is 20.4 Å². The molecule has 2 amide bonds. The Morgan fingerprint density at radius 2 is 1.90 bits per heavy atom. The molecule has 0 bridgehead atoms. The van der Waals surface area contributed by atoms with Crippen LogP contribution in [0.25, 0.3) is 0 Å². The fraction of sp³-hybridized carbons (Fsp3) is 0.429. The number of nitrogens with zero attached hydrogens (tertiary/aromatic N) is 2. The third-order valence-electron chi connectivity index (χ3n) is 4.28. The summed E-state index contributed by atoms with van der Waals surface area (Å²) >= 11 is 0. The summed E-state index contributed by atoms with van der Waals surface area (Å²) in [4.78, 5) is 40.2. The van der Waals surface area contributed by atoms with Crippen molar-refractivity contribution in [2.24, 2.45) is 17.3 Å². The SMILES string of the molecule is CC1(C)C2C(=O)N(Cc3ccc(C(=O)O)cn3)C(=O)C21. The van der Waals surface area contributed by atoms with Gasteiger partial charge in [0, 0.05) is 6.20 Å². The summed E-state index contributed by atoms with van der Waals surface area (Å²) in [5.41, 5.74) is 0.373. The van der Waals surface area contributed by atoms with Gasteiger partial charge in [-0.25, -0.2) is 4.79 Å². The fourth-order valence-corrected chi connectivity index (χ4v) is 2.97. The number of carbonyl (C=O) groups excluding carboxylic acids is 2. The van der Waals surface area contributed by atoms with Gasteiger partial charge in [-0.2, -0.15) is 0 Å². The molecule has 1 saturated heterocycles. The lowest BCUT2D eigenvalue weighted by atomic mass is 10.1. The molecular formula is C14H14N2O4. The highest BCUT2D eigenvalue weighted by Gasteiger charge is 2.72. The second-order valence-electron chi connectivity index (χ2n) is 5.88. The zero-order chi connectivity index (χ0) is 14.7. The highest BCUT2D eigenvalue weighted by atomic mass is 16.4. The number of carbonyl (C=O) groups is 3. The molecule has 2 aliphatic rings. The number of carboxylic acids is 1. The van der Waals surface area contributed by atoms with Gasteiger partial charge in [0.25, 0.3) is 0 Å². The van der Waals surface area contributed by atoms with Crippen LogP contribution < -0.4 is 0 Å². The molecule has 3 rings (SSSR count). The molecule has 20 heavy (non-hydrogen) atoms. The molecule has 6 nitrogen and oxygen atoms in total. The molecule has 2 atom stereocenters. The molecule has 1 saturated carbocycles. The van der Waals surface area contributed by atoms with Crippen molar-refractivity contribution < 1.29 is 19.5 Å². The van der Waals surface area contributed by atoms with Gasteiger partial charge in [0.2, 0.25) is 11.8 Å². The topological polar surface area (TPSA) is 87.6 Å². The maximum absolute atomic E-state index is 12.1. The van der Waals surface area contributed by atoms with E-state index in [4.69, 9.17) is 5.11 Å². The molecule has 0 radical (unpaired) electrons. The Hall–Kier alpha value is -2.24.